The highest BCUT2D eigenvalue weighted by Crippen LogP contribution is 2.28. The van der Waals surface area contributed by atoms with Crippen molar-refractivity contribution in [3.05, 3.63) is 71.8 Å². The number of esters is 1. The normalized spacial score (nSPS) is 15.5. The van der Waals surface area contributed by atoms with Crippen molar-refractivity contribution < 1.29 is 14.3 Å². The van der Waals surface area contributed by atoms with Crippen molar-refractivity contribution in [2.24, 2.45) is 0 Å². The van der Waals surface area contributed by atoms with Gasteiger partial charge in [-0.25, -0.2) is 0 Å². The predicted octanol–water partition coefficient (Wildman–Crippen LogP) is 4.20. The molecule has 1 aliphatic rings. The van der Waals surface area contributed by atoms with E-state index in [1.54, 1.807) is 6.92 Å². The molecule has 4 nitrogen and oxygen atoms in total. The van der Waals surface area contributed by atoms with E-state index in [2.05, 4.69) is 5.32 Å². The van der Waals surface area contributed by atoms with Crippen LogP contribution in [0.25, 0.3) is 0 Å². The third-order valence-electron chi connectivity index (χ3n) is 5.15. The lowest BCUT2D eigenvalue weighted by atomic mass is 9.88. The summed E-state index contributed by atoms with van der Waals surface area (Å²) in [5.41, 5.74) is 2.12. The van der Waals surface area contributed by atoms with Crippen molar-refractivity contribution in [1.29, 1.82) is 0 Å². The SMILES string of the molecule is CC(OC(=O)CC(c1ccccc1)c1ccccc1)C(=O)NC1CCCC1. The second-order valence-corrected chi connectivity index (χ2v) is 7.20. The molecule has 0 saturated heterocycles. The van der Waals surface area contributed by atoms with Crippen LogP contribution in [-0.4, -0.2) is 24.0 Å². The van der Waals surface area contributed by atoms with Crippen molar-refractivity contribution in [1.82, 2.24) is 5.32 Å². The van der Waals surface area contributed by atoms with E-state index < -0.39 is 6.10 Å². The maximum Gasteiger partial charge on any atom is 0.307 e. The minimum Gasteiger partial charge on any atom is -0.453 e. The minimum absolute atomic E-state index is 0.0926. The van der Waals surface area contributed by atoms with Crippen molar-refractivity contribution in [2.45, 2.75) is 57.1 Å². The molecule has 4 heteroatoms. The van der Waals surface area contributed by atoms with E-state index in [9.17, 15) is 9.59 Å². The molecule has 142 valence electrons. The van der Waals surface area contributed by atoms with Gasteiger partial charge in [-0.2, -0.15) is 0 Å². The van der Waals surface area contributed by atoms with Crippen molar-refractivity contribution in [2.75, 3.05) is 0 Å². The average Bonchev–Trinajstić information content (AvgIpc) is 3.20. The summed E-state index contributed by atoms with van der Waals surface area (Å²) >= 11 is 0. The molecule has 2 aromatic rings. The molecule has 1 amide bonds. The number of amides is 1. The lowest BCUT2D eigenvalue weighted by molar-refractivity contribution is -0.155. The Bertz CT molecular complexity index is 699. The van der Waals surface area contributed by atoms with Crippen LogP contribution in [0, 0.1) is 0 Å². The molecule has 0 aliphatic heterocycles. The van der Waals surface area contributed by atoms with Crippen LogP contribution < -0.4 is 5.32 Å². The third kappa shape index (κ3) is 5.43. The molecular weight excluding hydrogens is 338 g/mol. The Morgan fingerprint density at radius 3 is 2.00 bits per heavy atom. The number of hydrogen-bond acceptors (Lipinski definition) is 3. The zero-order chi connectivity index (χ0) is 19.1. The number of benzene rings is 2. The highest BCUT2D eigenvalue weighted by atomic mass is 16.5. The Kier molecular flexibility index (Phi) is 6.64. The van der Waals surface area contributed by atoms with E-state index in [4.69, 9.17) is 4.74 Å². The van der Waals surface area contributed by atoms with E-state index in [-0.39, 0.29) is 30.3 Å². The molecule has 1 aliphatic carbocycles. The fraction of sp³-hybridized carbons (Fsp3) is 0.391. The summed E-state index contributed by atoms with van der Waals surface area (Å²) in [6.07, 6.45) is 3.75. The van der Waals surface area contributed by atoms with Gasteiger partial charge in [0.25, 0.3) is 5.91 Å². The number of ether oxygens (including phenoxy) is 1. The molecule has 1 unspecified atom stereocenters. The van der Waals surface area contributed by atoms with Crippen molar-refractivity contribution >= 4 is 11.9 Å². The summed E-state index contributed by atoms with van der Waals surface area (Å²) in [6, 6.07) is 20.1. The first-order valence-corrected chi connectivity index (χ1v) is 9.73. The maximum absolute atomic E-state index is 12.5. The largest absolute Gasteiger partial charge is 0.453 e. The van der Waals surface area contributed by atoms with E-state index in [0.717, 1.165) is 36.8 Å². The number of carbonyl (C=O) groups excluding carboxylic acids is 2. The Labute approximate surface area is 160 Å². The van der Waals surface area contributed by atoms with Crippen molar-refractivity contribution in [3.8, 4) is 0 Å². The van der Waals surface area contributed by atoms with Gasteiger partial charge in [-0.1, -0.05) is 73.5 Å². The van der Waals surface area contributed by atoms with E-state index in [0.29, 0.717) is 0 Å². The van der Waals surface area contributed by atoms with Gasteiger partial charge in [-0.05, 0) is 30.9 Å². The summed E-state index contributed by atoms with van der Waals surface area (Å²) < 4.78 is 5.44. The number of nitrogens with one attached hydrogen (secondary N) is 1. The van der Waals surface area contributed by atoms with Crippen LogP contribution in [0.3, 0.4) is 0 Å². The lowest BCUT2D eigenvalue weighted by Crippen LogP contribution is -2.41. The minimum atomic E-state index is -0.773. The first kappa shape index (κ1) is 19.2. The highest BCUT2D eigenvalue weighted by Gasteiger charge is 2.25. The first-order valence-electron chi connectivity index (χ1n) is 9.73. The van der Waals surface area contributed by atoms with Crippen LogP contribution in [0.1, 0.15) is 56.1 Å². The molecule has 3 rings (SSSR count). The molecule has 0 spiro atoms. The molecule has 1 N–H and O–H groups in total. The summed E-state index contributed by atoms with van der Waals surface area (Å²) in [6.45, 7) is 1.64. The van der Waals surface area contributed by atoms with Gasteiger partial charge in [-0.15, -0.1) is 0 Å². The average molecular weight is 365 g/mol. The van der Waals surface area contributed by atoms with E-state index in [1.807, 2.05) is 60.7 Å². The number of hydrogen-bond donors (Lipinski definition) is 1. The molecule has 2 aromatic carbocycles. The van der Waals surface area contributed by atoms with E-state index in [1.165, 1.54) is 0 Å². The standard InChI is InChI=1S/C23H27NO3/c1-17(23(26)24-20-14-8-9-15-20)27-22(25)16-21(18-10-4-2-5-11-18)19-12-6-3-7-13-19/h2-7,10-13,17,20-21H,8-9,14-16H2,1H3,(H,24,26). The van der Waals surface area contributed by atoms with Gasteiger partial charge in [0.2, 0.25) is 0 Å². The molecule has 1 fully saturated rings. The Hall–Kier alpha value is -2.62. The summed E-state index contributed by atoms with van der Waals surface area (Å²) in [7, 11) is 0. The molecule has 0 bridgehead atoms. The van der Waals surface area contributed by atoms with Gasteiger partial charge in [0.05, 0.1) is 6.42 Å². The summed E-state index contributed by atoms with van der Waals surface area (Å²) in [4.78, 5) is 24.8. The molecule has 1 atom stereocenters. The first-order chi connectivity index (χ1) is 13.1. The van der Waals surface area contributed by atoms with Gasteiger partial charge in [0, 0.05) is 12.0 Å². The summed E-state index contributed by atoms with van der Waals surface area (Å²) in [5.74, 6) is -0.655. The van der Waals surface area contributed by atoms with Crippen molar-refractivity contribution in [3.63, 3.8) is 0 Å². The molecule has 0 aromatic heterocycles. The van der Waals surface area contributed by atoms with E-state index >= 15 is 0 Å². The maximum atomic E-state index is 12.5. The Morgan fingerprint density at radius 2 is 1.48 bits per heavy atom. The van der Waals surface area contributed by atoms with Gasteiger partial charge in [0.15, 0.2) is 6.10 Å². The molecule has 1 saturated carbocycles. The second-order valence-electron chi connectivity index (χ2n) is 7.20. The predicted molar refractivity (Wildman–Crippen MR) is 105 cm³/mol. The van der Waals surface area contributed by atoms with Gasteiger partial charge in [0.1, 0.15) is 0 Å². The van der Waals surface area contributed by atoms with Crippen LogP contribution in [0.4, 0.5) is 0 Å². The smallest absolute Gasteiger partial charge is 0.307 e. The number of rotatable bonds is 7. The fourth-order valence-corrected chi connectivity index (χ4v) is 3.65. The zero-order valence-corrected chi connectivity index (χ0v) is 15.8. The topological polar surface area (TPSA) is 55.4 Å². The number of carbonyl (C=O) groups is 2. The van der Waals surface area contributed by atoms with Crippen LogP contribution in [0.2, 0.25) is 0 Å². The van der Waals surface area contributed by atoms with Crippen LogP contribution in [0.5, 0.6) is 0 Å². The molecule has 27 heavy (non-hydrogen) atoms. The Morgan fingerprint density at radius 1 is 0.963 bits per heavy atom. The van der Waals surface area contributed by atoms with Crippen LogP contribution in [-0.2, 0) is 14.3 Å². The molecule has 0 heterocycles. The quantitative estimate of drug-likeness (QED) is 0.748. The molecular formula is C23H27NO3. The lowest BCUT2D eigenvalue weighted by Gasteiger charge is -2.20. The van der Waals surface area contributed by atoms with Crippen LogP contribution in [0.15, 0.2) is 60.7 Å². The summed E-state index contributed by atoms with van der Waals surface area (Å²) in [5, 5.41) is 2.98. The molecule has 0 radical (unpaired) electrons. The van der Waals surface area contributed by atoms with Gasteiger partial charge in [-0.3, -0.25) is 9.59 Å². The zero-order valence-electron chi connectivity index (χ0n) is 15.8. The monoisotopic (exact) mass is 365 g/mol. The fourth-order valence-electron chi connectivity index (χ4n) is 3.65. The Balaban J connectivity index is 1.63. The third-order valence-corrected chi connectivity index (χ3v) is 5.15. The highest BCUT2D eigenvalue weighted by molar-refractivity contribution is 5.83. The van der Waals surface area contributed by atoms with Crippen LogP contribution >= 0.6 is 0 Å². The van der Waals surface area contributed by atoms with Gasteiger partial charge < -0.3 is 10.1 Å². The second kappa shape index (κ2) is 9.36. The van der Waals surface area contributed by atoms with Gasteiger partial charge >= 0.3 is 5.97 Å².